The first kappa shape index (κ1) is 17.8. The maximum atomic E-state index is 12.2. The van der Waals surface area contributed by atoms with E-state index in [4.69, 9.17) is 4.74 Å². The van der Waals surface area contributed by atoms with E-state index in [1.807, 2.05) is 12.1 Å². The van der Waals surface area contributed by atoms with Crippen LogP contribution in [-0.4, -0.2) is 78.0 Å². The zero-order valence-corrected chi connectivity index (χ0v) is 15.1. The molecule has 26 heavy (non-hydrogen) atoms. The molecular weight excluding hydrogens is 332 g/mol. The summed E-state index contributed by atoms with van der Waals surface area (Å²) < 4.78 is 5.46. The van der Waals surface area contributed by atoms with E-state index in [9.17, 15) is 15.0 Å². The van der Waals surface area contributed by atoms with Crippen molar-refractivity contribution in [2.24, 2.45) is 11.3 Å². The van der Waals surface area contributed by atoms with Crippen molar-refractivity contribution in [3.63, 3.8) is 0 Å². The Morgan fingerprint density at radius 3 is 2.54 bits per heavy atom. The van der Waals surface area contributed by atoms with Crippen molar-refractivity contribution in [3.05, 3.63) is 29.8 Å². The van der Waals surface area contributed by atoms with Gasteiger partial charge in [0.2, 0.25) is 0 Å². The summed E-state index contributed by atoms with van der Waals surface area (Å²) in [7, 11) is 0. The van der Waals surface area contributed by atoms with Gasteiger partial charge in [0.1, 0.15) is 5.75 Å². The number of ether oxygens (including phenoxy) is 1. The summed E-state index contributed by atoms with van der Waals surface area (Å²) in [6.45, 7) is 5.54. The monoisotopic (exact) mass is 360 g/mol. The van der Waals surface area contributed by atoms with Crippen LogP contribution in [0.2, 0.25) is 0 Å². The van der Waals surface area contributed by atoms with Crippen LogP contribution in [0.3, 0.4) is 0 Å². The number of hydrogen-bond donors (Lipinski definition) is 2. The van der Waals surface area contributed by atoms with Gasteiger partial charge in [0.05, 0.1) is 5.41 Å². The number of nitrogens with zero attached hydrogens (tertiary/aromatic N) is 2. The van der Waals surface area contributed by atoms with Gasteiger partial charge in [0.25, 0.3) is 0 Å². The third-order valence-corrected chi connectivity index (χ3v) is 6.49. The summed E-state index contributed by atoms with van der Waals surface area (Å²) in [5.74, 6) is -0.144. The molecule has 3 saturated heterocycles. The Balaban J connectivity index is 1.38. The number of rotatable bonds is 5. The average Bonchev–Trinajstić information content (AvgIpc) is 3.17. The Kier molecular flexibility index (Phi) is 4.90. The zero-order valence-electron chi connectivity index (χ0n) is 15.1. The van der Waals surface area contributed by atoms with E-state index in [-0.39, 0.29) is 11.7 Å². The summed E-state index contributed by atoms with van der Waals surface area (Å²) in [5.41, 5.74) is 0.556. The Hall–Kier alpha value is -1.63. The number of phenols is 1. The summed E-state index contributed by atoms with van der Waals surface area (Å²) in [4.78, 5) is 16.9. The number of carboxylic acid groups (broad SMARTS) is 1. The van der Waals surface area contributed by atoms with Crippen LogP contribution in [0.1, 0.15) is 18.4 Å². The van der Waals surface area contributed by atoms with Crippen molar-refractivity contribution >= 4 is 5.97 Å². The zero-order chi connectivity index (χ0) is 18.1. The maximum Gasteiger partial charge on any atom is 0.312 e. The third-order valence-electron chi connectivity index (χ3n) is 6.49. The second-order valence-corrected chi connectivity index (χ2v) is 8.08. The van der Waals surface area contributed by atoms with Gasteiger partial charge in [-0.15, -0.1) is 0 Å². The number of aromatic hydroxyl groups is 1. The molecule has 0 aliphatic carbocycles. The van der Waals surface area contributed by atoms with Gasteiger partial charge in [-0.3, -0.25) is 9.69 Å². The molecule has 6 heteroatoms. The smallest absolute Gasteiger partial charge is 0.312 e. The van der Waals surface area contributed by atoms with Crippen LogP contribution in [0.15, 0.2) is 24.3 Å². The molecule has 0 spiro atoms. The second kappa shape index (κ2) is 7.18. The van der Waals surface area contributed by atoms with Crippen LogP contribution in [0.25, 0.3) is 0 Å². The highest BCUT2D eigenvalue weighted by Gasteiger charge is 2.58. The number of carbonyl (C=O) groups is 1. The maximum absolute atomic E-state index is 12.2. The molecule has 2 N–H and O–H groups in total. The van der Waals surface area contributed by atoms with Gasteiger partial charge < -0.3 is 19.8 Å². The van der Waals surface area contributed by atoms with Crippen LogP contribution in [-0.2, 0) is 16.0 Å². The van der Waals surface area contributed by atoms with Crippen molar-refractivity contribution < 1.29 is 19.7 Å². The van der Waals surface area contributed by atoms with Crippen LogP contribution in [0, 0.1) is 11.3 Å². The van der Waals surface area contributed by atoms with Crippen molar-refractivity contribution in [3.8, 4) is 5.75 Å². The second-order valence-electron chi connectivity index (χ2n) is 8.08. The molecule has 0 saturated carbocycles. The van der Waals surface area contributed by atoms with Crippen molar-refractivity contribution in [1.29, 1.82) is 0 Å². The summed E-state index contributed by atoms with van der Waals surface area (Å²) in [5, 5.41) is 19.4. The van der Waals surface area contributed by atoms with Gasteiger partial charge in [0, 0.05) is 57.9 Å². The molecule has 1 aromatic rings. The highest BCUT2D eigenvalue weighted by Crippen LogP contribution is 2.44. The minimum atomic E-state index is -0.635. The Morgan fingerprint density at radius 1 is 1.15 bits per heavy atom. The van der Waals surface area contributed by atoms with E-state index in [0.29, 0.717) is 19.1 Å². The molecule has 4 rings (SSSR count). The molecule has 3 fully saturated rings. The Labute approximate surface area is 154 Å². The highest BCUT2D eigenvalue weighted by molar-refractivity contribution is 5.77. The lowest BCUT2D eigenvalue weighted by Crippen LogP contribution is -2.44. The van der Waals surface area contributed by atoms with Crippen molar-refractivity contribution in [1.82, 2.24) is 9.80 Å². The molecule has 0 bridgehead atoms. The first-order valence-corrected chi connectivity index (χ1v) is 9.62. The van der Waals surface area contributed by atoms with E-state index in [1.54, 1.807) is 12.1 Å². The summed E-state index contributed by atoms with van der Waals surface area (Å²) in [6, 6.07) is 7.77. The molecule has 2 atom stereocenters. The van der Waals surface area contributed by atoms with E-state index in [2.05, 4.69) is 9.80 Å². The molecular formula is C20H28N2O4. The third kappa shape index (κ3) is 3.33. The van der Waals surface area contributed by atoms with Gasteiger partial charge in [-0.25, -0.2) is 0 Å². The van der Waals surface area contributed by atoms with E-state index in [1.165, 1.54) is 5.56 Å². The van der Waals surface area contributed by atoms with Crippen LogP contribution in [0.5, 0.6) is 5.75 Å². The summed E-state index contributed by atoms with van der Waals surface area (Å²) in [6.07, 6.45) is 2.92. The largest absolute Gasteiger partial charge is 0.508 e. The fourth-order valence-electron chi connectivity index (χ4n) is 4.96. The first-order valence-electron chi connectivity index (χ1n) is 9.62. The van der Waals surface area contributed by atoms with Crippen LogP contribution >= 0.6 is 0 Å². The number of fused-ring (bicyclic) bond motifs is 1. The fourth-order valence-corrected chi connectivity index (χ4v) is 4.96. The number of phenolic OH excluding ortho intramolecular Hbond substituents is 1. The summed E-state index contributed by atoms with van der Waals surface area (Å²) >= 11 is 0. The molecule has 3 aliphatic rings. The van der Waals surface area contributed by atoms with Crippen molar-refractivity contribution in [2.75, 3.05) is 45.9 Å². The van der Waals surface area contributed by atoms with E-state index in [0.717, 1.165) is 52.1 Å². The number of aliphatic carboxylic acids is 1. The van der Waals surface area contributed by atoms with Gasteiger partial charge in [-0.05, 0) is 37.0 Å². The number of likely N-dealkylation sites (tertiary alicyclic amines) is 2. The quantitative estimate of drug-likeness (QED) is 0.828. The number of hydrogen-bond acceptors (Lipinski definition) is 5. The number of carboxylic acids is 1. The predicted octanol–water partition coefficient (Wildman–Crippen LogP) is 1.43. The van der Waals surface area contributed by atoms with Gasteiger partial charge >= 0.3 is 5.97 Å². The molecule has 6 nitrogen and oxygen atoms in total. The van der Waals surface area contributed by atoms with Crippen LogP contribution in [0.4, 0.5) is 0 Å². The average molecular weight is 360 g/mol. The highest BCUT2D eigenvalue weighted by atomic mass is 16.5. The minimum absolute atomic E-state index is 0.211. The molecule has 1 aromatic carbocycles. The molecule has 0 aromatic heterocycles. The molecule has 3 heterocycles. The van der Waals surface area contributed by atoms with Crippen LogP contribution < -0.4 is 0 Å². The lowest BCUT2D eigenvalue weighted by atomic mass is 9.81. The molecule has 0 unspecified atom stereocenters. The first-order chi connectivity index (χ1) is 12.6. The molecule has 0 amide bonds. The van der Waals surface area contributed by atoms with E-state index >= 15 is 0 Å². The normalized spacial score (nSPS) is 30.5. The van der Waals surface area contributed by atoms with Gasteiger partial charge in [-0.1, -0.05) is 12.1 Å². The van der Waals surface area contributed by atoms with Gasteiger partial charge in [0.15, 0.2) is 0 Å². The molecule has 142 valence electrons. The number of benzene rings is 1. The molecule has 0 radical (unpaired) electrons. The van der Waals surface area contributed by atoms with Crippen molar-refractivity contribution in [2.45, 2.75) is 25.3 Å². The fraction of sp³-hybridized carbons (Fsp3) is 0.650. The topological polar surface area (TPSA) is 73.2 Å². The SMILES string of the molecule is O=C(O)[C@]12CN(CCc3ccc(O)cc3)C[C@H]1CN(C1CCOCC1)C2. The molecule has 3 aliphatic heterocycles. The minimum Gasteiger partial charge on any atom is -0.508 e. The Bertz CT molecular complexity index is 644. The van der Waals surface area contributed by atoms with E-state index < -0.39 is 11.4 Å². The lowest BCUT2D eigenvalue weighted by Gasteiger charge is -2.33. The van der Waals surface area contributed by atoms with Gasteiger partial charge in [-0.2, -0.15) is 0 Å². The predicted molar refractivity (Wildman–Crippen MR) is 97.2 cm³/mol. The standard InChI is InChI=1S/C20H28N2O4/c23-18-3-1-15(2-4-18)5-8-21-11-16-12-22(17-6-9-26-10-7-17)14-20(16,13-21)19(24)25/h1-4,16-17,23H,5-14H2,(H,24,25)/t16-,20-/m0/s1. The lowest BCUT2D eigenvalue weighted by molar-refractivity contribution is -0.149. The Morgan fingerprint density at radius 2 is 1.88 bits per heavy atom.